The van der Waals surface area contributed by atoms with Crippen molar-refractivity contribution in [2.24, 2.45) is 5.92 Å². The first-order chi connectivity index (χ1) is 13.9. The van der Waals surface area contributed by atoms with E-state index in [4.69, 9.17) is 0 Å². The summed E-state index contributed by atoms with van der Waals surface area (Å²) in [6.45, 7) is 5.78. The standard InChI is InChI=1S/C22H25F3N2O3/c1-13(2)20(28)11-18-10-17(9-14(3)26-18)21(29)27-15(4)16-5-7-19(8-6-16)30-12-22(23,24)25/h5-10,13,15H,11-12H2,1-4H3,(H,27,29). The molecule has 1 heterocycles. The van der Waals surface area contributed by atoms with Crippen molar-refractivity contribution in [1.82, 2.24) is 10.3 Å². The van der Waals surface area contributed by atoms with E-state index < -0.39 is 12.8 Å². The molecule has 1 unspecified atom stereocenters. The predicted octanol–water partition coefficient (Wildman–Crippen LogP) is 4.59. The summed E-state index contributed by atoms with van der Waals surface area (Å²) >= 11 is 0. The molecule has 0 aliphatic carbocycles. The van der Waals surface area contributed by atoms with Gasteiger partial charge in [-0.1, -0.05) is 26.0 Å². The molecule has 1 N–H and O–H groups in total. The highest BCUT2D eigenvalue weighted by Gasteiger charge is 2.28. The molecule has 0 bridgehead atoms. The van der Waals surface area contributed by atoms with E-state index in [0.29, 0.717) is 22.5 Å². The Kier molecular flexibility index (Phi) is 7.59. The van der Waals surface area contributed by atoms with E-state index >= 15 is 0 Å². The van der Waals surface area contributed by atoms with Crippen LogP contribution < -0.4 is 10.1 Å². The zero-order valence-corrected chi connectivity index (χ0v) is 17.3. The van der Waals surface area contributed by atoms with Crippen molar-refractivity contribution >= 4 is 11.7 Å². The molecule has 0 radical (unpaired) electrons. The molecule has 0 aliphatic heterocycles. The zero-order valence-electron chi connectivity index (χ0n) is 17.3. The minimum atomic E-state index is -4.40. The quantitative estimate of drug-likeness (QED) is 0.676. The van der Waals surface area contributed by atoms with Crippen LogP contribution >= 0.6 is 0 Å². The molecule has 2 aromatic rings. The first-order valence-corrected chi connectivity index (χ1v) is 9.55. The number of nitrogens with one attached hydrogen (secondary N) is 1. The van der Waals surface area contributed by atoms with Crippen molar-refractivity contribution in [3.05, 3.63) is 58.9 Å². The molecule has 0 saturated carbocycles. The lowest BCUT2D eigenvalue weighted by molar-refractivity contribution is -0.153. The number of ether oxygens (including phenoxy) is 1. The third kappa shape index (κ3) is 7.17. The summed E-state index contributed by atoms with van der Waals surface area (Å²) in [5, 5.41) is 2.85. The van der Waals surface area contributed by atoms with Gasteiger partial charge < -0.3 is 10.1 Å². The van der Waals surface area contributed by atoms with Crippen molar-refractivity contribution in [2.75, 3.05) is 6.61 Å². The summed E-state index contributed by atoms with van der Waals surface area (Å²) < 4.78 is 41.4. The van der Waals surface area contributed by atoms with Gasteiger partial charge in [-0.2, -0.15) is 13.2 Å². The van der Waals surface area contributed by atoms with Crippen LogP contribution in [0.2, 0.25) is 0 Å². The van der Waals surface area contributed by atoms with Crippen LogP contribution in [0.3, 0.4) is 0 Å². The van der Waals surface area contributed by atoms with Gasteiger partial charge in [-0.25, -0.2) is 0 Å². The molecule has 162 valence electrons. The number of pyridine rings is 1. The average Bonchev–Trinajstić information content (AvgIpc) is 2.65. The average molecular weight is 422 g/mol. The van der Waals surface area contributed by atoms with Gasteiger partial charge in [0.15, 0.2) is 6.61 Å². The number of aryl methyl sites for hydroxylation is 1. The van der Waals surface area contributed by atoms with E-state index in [1.165, 1.54) is 12.1 Å². The number of alkyl halides is 3. The van der Waals surface area contributed by atoms with Gasteiger partial charge >= 0.3 is 6.18 Å². The second-order valence-corrected chi connectivity index (χ2v) is 7.45. The Hall–Kier alpha value is -2.90. The maximum absolute atomic E-state index is 12.7. The van der Waals surface area contributed by atoms with Crippen LogP contribution in [0.15, 0.2) is 36.4 Å². The second-order valence-electron chi connectivity index (χ2n) is 7.45. The number of ketones is 1. The van der Waals surface area contributed by atoms with Gasteiger partial charge in [0.1, 0.15) is 11.5 Å². The van der Waals surface area contributed by atoms with Crippen molar-refractivity contribution in [3.8, 4) is 5.75 Å². The lowest BCUT2D eigenvalue weighted by Crippen LogP contribution is -2.27. The van der Waals surface area contributed by atoms with E-state index in [1.807, 2.05) is 13.8 Å². The molecular formula is C22H25F3N2O3. The third-order valence-corrected chi connectivity index (χ3v) is 4.40. The summed E-state index contributed by atoms with van der Waals surface area (Å²) in [5.74, 6) is -0.309. The minimum Gasteiger partial charge on any atom is -0.484 e. The van der Waals surface area contributed by atoms with Crippen LogP contribution in [0.1, 0.15) is 54.1 Å². The van der Waals surface area contributed by atoms with Crippen molar-refractivity contribution < 1.29 is 27.5 Å². The number of hydrogen-bond acceptors (Lipinski definition) is 4. The fourth-order valence-corrected chi connectivity index (χ4v) is 2.72. The molecule has 30 heavy (non-hydrogen) atoms. The smallest absolute Gasteiger partial charge is 0.422 e. The number of rotatable bonds is 8. The van der Waals surface area contributed by atoms with E-state index in [9.17, 15) is 22.8 Å². The molecule has 0 spiro atoms. The number of aromatic nitrogens is 1. The van der Waals surface area contributed by atoms with Crippen LogP contribution in [0, 0.1) is 12.8 Å². The largest absolute Gasteiger partial charge is 0.484 e. The number of nitrogens with zero attached hydrogens (tertiary/aromatic N) is 1. The second kappa shape index (κ2) is 9.73. The number of carbonyl (C=O) groups is 2. The summed E-state index contributed by atoms with van der Waals surface area (Å²) in [6.07, 6.45) is -4.24. The van der Waals surface area contributed by atoms with E-state index in [-0.39, 0.29) is 35.8 Å². The fourth-order valence-electron chi connectivity index (χ4n) is 2.72. The van der Waals surface area contributed by atoms with Gasteiger partial charge in [0.25, 0.3) is 5.91 Å². The highest BCUT2D eigenvalue weighted by molar-refractivity contribution is 5.95. The molecule has 0 aliphatic rings. The van der Waals surface area contributed by atoms with Crippen LogP contribution in [-0.4, -0.2) is 29.5 Å². The summed E-state index contributed by atoms with van der Waals surface area (Å²) in [7, 11) is 0. The first kappa shape index (κ1) is 23.4. The number of amides is 1. The van der Waals surface area contributed by atoms with Gasteiger partial charge in [-0.05, 0) is 43.7 Å². The van der Waals surface area contributed by atoms with Crippen LogP contribution in [0.4, 0.5) is 13.2 Å². The Labute approximate surface area is 173 Å². The summed E-state index contributed by atoms with van der Waals surface area (Å²) in [4.78, 5) is 29.0. The van der Waals surface area contributed by atoms with E-state index in [1.54, 1.807) is 38.1 Å². The molecule has 1 amide bonds. The summed E-state index contributed by atoms with van der Waals surface area (Å²) in [6, 6.07) is 8.90. The lowest BCUT2D eigenvalue weighted by Gasteiger charge is -2.16. The predicted molar refractivity (Wildman–Crippen MR) is 106 cm³/mol. The van der Waals surface area contributed by atoms with Crippen molar-refractivity contribution in [1.29, 1.82) is 0 Å². The Morgan fingerprint density at radius 3 is 2.30 bits per heavy atom. The van der Waals surface area contributed by atoms with Gasteiger partial charge in [0.05, 0.1) is 6.04 Å². The molecule has 1 atom stereocenters. The molecule has 8 heteroatoms. The van der Waals surface area contributed by atoms with Crippen molar-refractivity contribution in [2.45, 2.75) is 46.3 Å². The summed E-state index contributed by atoms with van der Waals surface area (Å²) in [5.41, 5.74) is 2.28. The maximum Gasteiger partial charge on any atom is 0.422 e. The van der Waals surface area contributed by atoms with Crippen LogP contribution in [-0.2, 0) is 11.2 Å². The number of halogens is 3. The molecule has 2 rings (SSSR count). The third-order valence-electron chi connectivity index (χ3n) is 4.40. The Balaban J connectivity index is 2.04. The Morgan fingerprint density at radius 2 is 1.73 bits per heavy atom. The molecule has 1 aromatic carbocycles. The number of hydrogen-bond donors (Lipinski definition) is 1. The molecule has 0 fully saturated rings. The topological polar surface area (TPSA) is 68.3 Å². The Bertz CT molecular complexity index is 893. The van der Waals surface area contributed by atoms with Crippen LogP contribution in [0.25, 0.3) is 0 Å². The van der Waals surface area contributed by atoms with Crippen molar-refractivity contribution in [3.63, 3.8) is 0 Å². The minimum absolute atomic E-state index is 0.0423. The molecule has 5 nitrogen and oxygen atoms in total. The number of benzene rings is 1. The zero-order chi connectivity index (χ0) is 22.5. The SMILES string of the molecule is Cc1cc(C(=O)NC(C)c2ccc(OCC(F)(F)F)cc2)cc(CC(=O)C(C)C)n1. The molecule has 0 saturated heterocycles. The van der Waals surface area contributed by atoms with Gasteiger partial charge in [-0.15, -0.1) is 0 Å². The van der Waals surface area contributed by atoms with Crippen LogP contribution in [0.5, 0.6) is 5.75 Å². The number of Topliss-reactive ketones (excluding diaryl/α,β-unsaturated/α-hetero) is 1. The number of carbonyl (C=O) groups excluding carboxylic acids is 2. The van der Waals surface area contributed by atoms with Gasteiger partial charge in [0, 0.05) is 29.3 Å². The monoisotopic (exact) mass is 422 g/mol. The molecular weight excluding hydrogens is 397 g/mol. The lowest BCUT2D eigenvalue weighted by atomic mass is 10.0. The Morgan fingerprint density at radius 1 is 1.10 bits per heavy atom. The highest BCUT2D eigenvalue weighted by Crippen LogP contribution is 2.21. The van der Waals surface area contributed by atoms with Gasteiger partial charge in [-0.3, -0.25) is 14.6 Å². The maximum atomic E-state index is 12.7. The first-order valence-electron chi connectivity index (χ1n) is 9.55. The fraction of sp³-hybridized carbons (Fsp3) is 0.409. The normalized spacial score (nSPS) is 12.5. The molecule has 1 aromatic heterocycles. The highest BCUT2D eigenvalue weighted by atomic mass is 19.4. The van der Waals surface area contributed by atoms with E-state index in [2.05, 4.69) is 15.0 Å². The van der Waals surface area contributed by atoms with E-state index in [0.717, 1.165) is 0 Å². The van der Waals surface area contributed by atoms with Gasteiger partial charge in [0.2, 0.25) is 0 Å².